The minimum atomic E-state index is -1.87. The van der Waals surface area contributed by atoms with Crippen LogP contribution in [-0.2, 0) is 4.74 Å². The van der Waals surface area contributed by atoms with E-state index in [0.29, 0.717) is 6.35 Å². The number of rotatable bonds is 5. The molecule has 26 heavy (non-hydrogen) atoms. The van der Waals surface area contributed by atoms with Crippen molar-refractivity contribution in [2.75, 3.05) is 6.35 Å². The third-order valence-corrected chi connectivity index (χ3v) is 8.34. The smallest absolute Gasteiger partial charge is 0.172 e. The molecule has 0 bridgehead atoms. The lowest BCUT2D eigenvalue weighted by Gasteiger charge is -2.30. The van der Waals surface area contributed by atoms with Crippen molar-refractivity contribution >= 4 is 23.2 Å². The molecule has 0 fully saturated rings. The SMILES string of the molecule is CC(C)(C)OC[P+](c1ccccc1)(c1ccccc1)c1ccccc1.[Cl-]. The van der Waals surface area contributed by atoms with Crippen LogP contribution in [0.4, 0.5) is 0 Å². The lowest BCUT2D eigenvalue weighted by atomic mass is 10.2. The van der Waals surface area contributed by atoms with Crippen molar-refractivity contribution in [3.8, 4) is 0 Å². The Morgan fingerprint density at radius 1 is 0.615 bits per heavy atom. The van der Waals surface area contributed by atoms with Gasteiger partial charge in [-0.2, -0.15) is 0 Å². The van der Waals surface area contributed by atoms with Crippen molar-refractivity contribution < 1.29 is 17.1 Å². The molecule has 0 N–H and O–H groups in total. The van der Waals surface area contributed by atoms with Crippen molar-refractivity contribution in [1.82, 2.24) is 0 Å². The molecule has 136 valence electrons. The van der Waals surface area contributed by atoms with Gasteiger partial charge in [0.2, 0.25) is 0 Å². The zero-order valence-corrected chi connectivity index (χ0v) is 17.3. The molecule has 0 aliphatic carbocycles. The van der Waals surface area contributed by atoms with E-state index in [1.165, 1.54) is 15.9 Å². The number of halogens is 1. The molecular weight excluding hydrogens is 359 g/mol. The average molecular weight is 385 g/mol. The molecule has 0 amide bonds. The van der Waals surface area contributed by atoms with Crippen LogP contribution in [0.2, 0.25) is 0 Å². The number of benzene rings is 3. The molecule has 0 aliphatic heterocycles. The van der Waals surface area contributed by atoms with E-state index >= 15 is 0 Å². The highest BCUT2D eigenvalue weighted by Gasteiger charge is 2.46. The fraction of sp³-hybridized carbons (Fsp3) is 0.217. The fourth-order valence-electron chi connectivity index (χ4n) is 3.01. The molecular formula is C23H26ClOP. The summed E-state index contributed by atoms with van der Waals surface area (Å²) in [5, 5.41) is 4.07. The Kier molecular flexibility index (Phi) is 7.01. The van der Waals surface area contributed by atoms with E-state index < -0.39 is 7.26 Å². The maximum Gasteiger partial charge on any atom is 0.172 e. The van der Waals surface area contributed by atoms with Gasteiger partial charge in [0.05, 0.1) is 5.60 Å². The summed E-state index contributed by atoms with van der Waals surface area (Å²) in [4.78, 5) is 0. The van der Waals surface area contributed by atoms with E-state index in [-0.39, 0.29) is 18.0 Å². The summed E-state index contributed by atoms with van der Waals surface area (Å²) in [7, 11) is -1.87. The van der Waals surface area contributed by atoms with Crippen LogP contribution in [0.15, 0.2) is 91.0 Å². The molecule has 3 rings (SSSR count). The van der Waals surface area contributed by atoms with Gasteiger partial charge >= 0.3 is 0 Å². The summed E-state index contributed by atoms with van der Waals surface area (Å²) >= 11 is 0. The lowest BCUT2D eigenvalue weighted by molar-refractivity contribution is -0.0000175. The third kappa shape index (κ3) is 4.54. The second kappa shape index (κ2) is 8.82. The van der Waals surface area contributed by atoms with Gasteiger partial charge in [0.15, 0.2) is 6.35 Å². The Morgan fingerprint density at radius 3 is 1.19 bits per heavy atom. The van der Waals surface area contributed by atoms with Crippen molar-refractivity contribution in [1.29, 1.82) is 0 Å². The Hall–Kier alpha value is -1.66. The first-order chi connectivity index (χ1) is 12.0. The first kappa shape index (κ1) is 20.6. The Balaban J connectivity index is 0.00000243. The van der Waals surface area contributed by atoms with Gasteiger partial charge < -0.3 is 17.1 Å². The highest BCUT2D eigenvalue weighted by atomic mass is 35.5. The predicted octanol–water partition coefficient (Wildman–Crippen LogP) is 1.76. The van der Waals surface area contributed by atoms with Gasteiger partial charge in [-0.25, -0.2) is 0 Å². The van der Waals surface area contributed by atoms with E-state index in [9.17, 15) is 0 Å². The number of hydrogen-bond acceptors (Lipinski definition) is 1. The van der Waals surface area contributed by atoms with Crippen LogP contribution in [0.1, 0.15) is 20.8 Å². The molecule has 1 nitrogen and oxygen atoms in total. The van der Waals surface area contributed by atoms with Crippen LogP contribution in [0, 0.1) is 0 Å². The molecule has 3 aromatic carbocycles. The maximum atomic E-state index is 6.41. The van der Waals surface area contributed by atoms with E-state index in [0.717, 1.165) is 0 Å². The first-order valence-electron chi connectivity index (χ1n) is 8.71. The van der Waals surface area contributed by atoms with Crippen LogP contribution < -0.4 is 28.3 Å². The Bertz CT molecular complexity index is 686. The van der Waals surface area contributed by atoms with E-state index in [1.54, 1.807) is 0 Å². The quantitative estimate of drug-likeness (QED) is 0.609. The Morgan fingerprint density at radius 2 is 0.923 bits per heavy atom. The normalized spacial score (nSPS) is 11.7. The standard InChI is InChI=1S/C23H26OP.ClH/c1-23(2,3)24-19-25(20-13-7-4-8-14-20,21-15-9-5-10-16-21)22-17-11-6-12-18-22;/h4-18H,19H2,1-3H3;1H/q+1;/p-1. The zero-order chi connectivity index (χ0) is 17.8. The summed E-state index contributed by atoms with van der Waals surface area (Å²) < 4.78 is 6.41. The van der Waals surface area contributed by atoms with Crippen LogP contribution in [-0.4, -0.2) is 11.9 Å². The van der Waals surface area contributed by atoms with Gasteiger partial charge in [-0.1, -0.05) is 54.6 Å². The molecule has 3 heteroatoms. The summed E-state index contributed by atoms with van der Waals surface area (Å²) in [5.41, 5.74) is -0.177. The first-order valence-corrected chi connectivity index (χ1v) is 10.7. The lowest BCUT2D eigenvalue weighted by Crippen LogP contribution is -3.00. The molecule has 0 heterocycles. The van der Waals surface area contributed by atoms with E-state index in [4.69, 9.17) is 4.74 Å². The second-order valence-electron chi connectivity index (χ2n) is 7.20. The average Bonchev–Trinajstić information content (AvgIpc) is 2.64. The maximum absolute atomic E-state index is 6.41. The van der Waals surface area contributed by atoms with Gasteiger partial charge in [-0.05, 0) is 57.2 Å². The number of ether oxygens (including phenoxy) is 1. The summed E-state index contributed by atoms with van der Waals surface area (Å²) in [6.07, 6.45) is 0.703. The predicted molar refractivity (Wildman–Crippen MR) is 111 cm³/mol. The van der Waals surface area contributed by atoms with E-state index in [2.05, 4.69) is 112 Å². The highest BCUT2D eigenvalue weighted by Crippen LogP contribution is 2.55. The Labute approximate surface area is 164 Å². The number of hydrogen-bond donors (Lipinski definition) is 0. The monoisotopic (exact) mass is 384 g/mol. The second-order valence-corrected chi connectivity index (χ2v) is 10.6. The molecule has 0 saturated carbocycles. The van der Waals surface area contributed by atoms with Gasteiger partial charge in [0.1, 0.15) is 23.2 Å². The largest absolute Gasteiger partial charge is 1.00 e. The molecule has 0 aliphatic rings. The fourth-order valence-corrected chi connectivity index (χ4v) is 6.97. The van der Waals surface area contributed by atoms with Gasteiger partial charge in [0.25, 0.3) is 0 Å². The van der Waals surface area contributed by atoms with Gasteiger partial charge in [-0.3, -0.25) is 0 Å². The minimum absolute atomic E-state index is 0. The van der Waals surface area contributed by atoms with E-state index in [1.807, 2.05) is 0 Å². The van der Waals surface area contributed by atoms with Crippen molar-refractivity contribution in [2.24, 2.45) is 0 Å². The molecule has 0 saturated heterocycles. The van der Waals surface area contributed by atoms with Crippen molar-refractivity contribution in [2.45, 2.75) is 26.4 Å². The minimum Gasteiger partial charge on any atom is -1.00 e. The molecule has 0 unspecified atom stereocenters. The third-order valence-electron chi connectivity index (χ3n) is 4.28. The topological polar surface area (TPSA) is 9.23 Å². The van der Waals surface area contributed by atoms with Crippen LogP contribution in [0.3, 0.4) is 0 Å². The highest BCUT2D eigenvalue weighted by molar-refractivity contribution is 7.95. The van der Waals surface area contributed by atoms with Crippen molar-refractivity contribution in [3.63, 3.8) is 0 Å². The van der Waals surface area contributed by atoms with Gasteiger partial charge in [-0.15, -0.1) is 0 Å². The summed E-state index contributed by atoms with van der Waals surface area (Å²) in [5.74, 6) is 0. The molecule has 3 aromatic rings. The van der Waals surface area contributed by atoms with Crippen LogP contribution >= 0.6 is 7.26 Å². The molecule has 0 aromatic heterocycles. The van der Waals surface area contributed by atoms with Crippen LogP contribution in [0.25, 0.3) is 0 Å². The summed E-state index contributed by atoms with van der Waals surface area (Å²) in [6, 6.07) is 32.5. The molecule has 0 atom stereocenters. The molecule has 0 radical (unpaired) electrons. The van der Waals surface area contributed by atoms with Crippen molar-refractivity contribution in [3.05, 3.63) is 91.0 Å². The zero-order valence-electron chi connectivity index (χ0n) is 15.6. The van der Waals surface area contributed by atoms with Gasteiger partial charge in [0, 0.05) is 0 Å². The summed E-state index contributed by atoms with van der Waals surface area (Å²) in [6.45, 7) is 6.38. The molecule has 0 spiro atoms. The van der Waals surface area contributed by atoms with Crippen LogP contribution in [0.5, 0.6) is 0 Å².